The van der Waals surface area contributed by atoms with Crippen LogP contribution in [0.1, 0.15) is 44.7 Å². The second kappa shape index (κ2) is 9.03. The van der Waals surface area contributed by atoms with Gasteiger partial charge in [-0.2, -0.15) is 0 Å². The summed E-state index contributed by atoms with van der Waals surface area (Å²) in [5, 5.41) is 1.20. The first-order valence-electron chi connectivity index (χ1n) is 14.3. The van der Waals surface area contributed by atoms with Crippen LogP contribution in [0.5, 0.6) is 5.75 Å². The van der Waals surface area contributed by atoms with Crippen LogP contribution in [0, 0.1) is 16.7 Å². The normalized spacial score (nSPS) is 32.5. The number of ether oxygens (including phenoxy) is 1. The molecule has 1 amide bonds. The van der Waals surface area contributed by atoms with Crippen molar-refractivity contribution in [2.24, 2.45) is 16.7 Å². The maximum Gasteiger partial charge on any atom is 0.256 e. The van der Waals surface area contributed by atoms with Crippen molar-refractivity contribution in [2.75, 3.05) is 12.9 Å². The molecular weight excluding hydrogens is 555 g/mol. The van der Waals surface area contributed by atoms with Gasteiger partial charge in [-0.3, -0.25) is 9.36 Å². The summed E-state index contributed by atoms with van der Waals surface area (Å²) in [4.78, 5) is 14.7. The van der Waals surface area contributed by atoms with Crippen LogP contribution in [0.15, 0.2) is 84.9 Å². The van der Waals surface area contributed by atoms with Gasteiger partial charge in [-0.25, -0.2) is 17.4 Å². The molecule has 4 aliphatic rings. The third-order valence-electron chi connectivity index (χ3n) is 10.7. The molecule has 2 saturated carbocycles. The molecule has 2 bridgehead atoms. The number of carbonyl (C=O) groups is 1. The third-order valence-corrected chi connectivity index (χ3v) is 15.7. The van der Waals surface area contributed by atoms with Crippen molar-refractivity contribution in [3.63, 3.8) is 0 Å². The Hall–Kier alpha value is -2.93. The number of para-hydroxylation sites is 1. The zero-order valence-electron chi connectivity index (χ0n) is 23.5. The molecular formula is C32H35N2O5PS. The van der Waals surface area contributed by atoms with Crippen LogP contribution in [0.2, 0.25) is 0 Å². The largest absolute Gasteiger partial charge is 0.496 e. The Kier molecular flexibility index (Phi) is 5.93. The highest BCUT2D eigenvalue weighted by Gasteiger charge is 2.74. The van der Waals surface area contributed by atoms with Gasteiger partial charge in [0.1, 0.15) is 11.8 Å². The van der Waals surface area contributed by atoms with E-state index in [4.69, 9.17) is 4.74 Å². The number of nitrogens with zero attached hydrogens (tertiary/aromatic N) is 2. The highest BCUT2D eigenvalue weighted by atomic mass is 32.2. The van der Waals surface area contributed by atoms with Gasteiger partial charge in [0, 0.05) is 21.6 Å². The molecule has 1 unspecified atom stereocenters. The fraction of sp³-hybridized carbons (Fsp3) is 0.406. The number of methoxy groups -OCH3 is 1. The molecule has 6 atom stereocenters. The van der Waals surface area contributed by atoms with Crippen LogP contribution in [0.3, 0.4) is 0 Å². The number of hydrogen-bond donors (Lipinski definition) is 0. The number of hydrogen-bond acceptors (Lipinski definition) is 5. The standard InChI is InChI=1S/C32H35N2O5PS/c1-31(2)22-18-19-32(31)21-41(37,38)34(27(32)20-22)30(35)29-28(25-16-10-11-17-26(25)39-3)33(29)40(36,23-12-6-4-7-13-23)24-14-8-5-9-15-24/h4-17,22,27-29H,18-21H2,1-3H3/t22-,27+,28+,29-,32-,33?/m1/s1. The maximum absolute atomic E-state index is 15.5. The number of carbonyl (C=O) groups excluding carboxylic acids is 1. The van der Waals surface area contributed by atoms with Gasteiger partial charge in [-0.05, 0) is 60.9 Å². The lowest BCUT2D eigenvalue weighted by Gasteiger charge is -2.37. The Bertz CT molecular complexity index is 1630. The molecule has 4 fully saturated rings. The Balaban J connectivity index is 1.38. The van der Waals surface area contributed by atoms with E-state index in [2.05, 4.69) is 13.8 Å². The molecule has 7 rings (SSSR count). The van der Waals surface area contributed by atoms with Crippen molar-refractivity contribution in [3.05, 3.63) is 90.5 Å². The van der Waals surface area contributed by atoms with Gasteiger partial charge in [0.15, 0.2) is 0 Å². The summed E-state index contributed by atoms with van der Waals surface area (Å²) in [7, 11) is -5.84. The van der Waals surface area contributed by atoms with Gasteiger partial charge in [0.2, 0.25) is 17.3 Å². The van der Waals surface area contributed by atoms with Gasteiger partial charge < -0.3 is 4.74 Å². The van der Waals surface area contributed by atoms with Crippen LogP contribution in [-0.2, 0) is 19.4 Å². The summed E-state index contributed by atoms with van der Waals surface area (Å²) in [5.74, 6) is 0.491. The minimum atomic E-state index is -3.85. The SMILES string of the molecule is COc1ccccc1[C@H]1[C@H](C(=O)N2[C@H]3C[C@H]4CC[C@]3(CS2(=O)=O)C4(C)C)N1P(=O)(c1ccccc1)c1ccccc1. The third kappa shape index (κ3) is 3.57. The topological polar surface area (TPSA) is 83.8 Å². The first-order valence-corrected chi connectivity index (χ1v) is 17.5. The Morgan fingerprint density at radius 2 is 1.51 bits per heavy atom. The summed E-state index contributed by atoms with van der Waals surface area (Å²) in [5.41, 5.74) is 0.128. The summed E-state index contributed by atoms with van der Waals surface area (Å²) < 4.78 is 51.9. The van der Waals surface area contributed by atoms with Gasteiger partial charge in [-0.1, -0.05) is 68.4 Å². The molecule has 2 aliphatic heterocycles. The first kappa shape index (κ1) is 26.9. The van der Waals surface area contributed by atoms with Crippen molar-refractivity contribution in [1.29, 1.82) is 0 Å². The van der Waals surface area contributed by atoms with E-state index >= 15 is 4.57 Å². The summed E-state index contributed by atoms with van der Waals surface area (Å²) in [6.07, 6.45) is 2.51. The van der Waals surface area contributed by atoms with E-state index < -0.39 is 40.7 Å². The van der Waals surface area contributed by atoms with Crippen molar-refractivity contribution in [3.8, 4) is 5.75 Å². The van der Waals surface area contributed by atoms with Crippen molar-refractivity contribution < 1.29 is 22.5 Å². The zero-order valence-corrected chi connectivity index (χ0v) is 25.2. The van der Waals surface area contributed by atoms with Gasteiger partial charge >= 0.3 is 0 Å². The lowest BCUT2D eigenvalue weighted by molar-refractivity contribution is -0.129. The molecule has 214 valence electrons. The Labute approximate surface area is 242 Å². The predicted octanol–water partition coefficient (Wildman–Crippen LogP) is 4.72. The molecule has 0 N–H and O–H groups in total. The second-order valence-electron chi connectivity index (χ2n) is 12.5. The van der Waals surface area contributed by atoms with E-state index in [0.29, 0.717) is 28.7 Å². The van der Waals surface area contributed by atoms with Crippen LogP contribution in [0.4, 0.5) is 0 Å². The van der Waals surface area contributed by atoms with Crippen LogP contribution < -0.4 is 15.3 Å². The molecule has 2 aliphatic carbocycles. The van der Waals surface area contributed by atoms with E-state index in [1.165, 1.54) is 4.31 Å². The summed E-state index contributed by atoms with van der Waals surface area (Å²) in [6.45, 7) is 4.35. The molecule has 41 heavy (non-hydrogen) atoms. The second-order valence-corrected chi connectivity index (χ2v) is 17.0. The Morgan fingerprint density at radius 3 is 2.10 bits per heavy atom. The number of fused-ring (bicyclic) bond motifs is 1. The first-order chi connectivity index (χ1) is 19.6. The summed E-state index contributed by atoms with van der Waals surface area (Å²) >= 11 is 0. The Morgan fingerprint density at radius 1 is 0.927 bits per heavy atom. The van der Waals surface area contributed by atoms with E-state index in [9.17, 15) is 13.2 Å². The zero-order chi connectivity index (χ0) is 28.8. The molecule has 3 aromatic carbocycles. The average Bonchev–Trinajstić information content (AvgIpc) is 3.56. The lowest BCUT2D eigenvalue weighted by atomic mass is 9.69. The molecule has 2 saturated heterocycles. The van der Waals surface area contributed by atoms with Crippen LogP contribution >= 0.6 is 7.29 Å². The number of rotatable bonds is 6. The lowest BCUT2D eigenvalue weighted by Crippen LogP contribution is -2.46. The monoisotopic (exact) mass is 590 g/mol. The van der Waals surface area contributed by atoms with Crippen LogP contribution in [0.25, 0.3) is 0 Å². The molecule has 0 radical (unpaired) electrons. The van der Waals surface area contributed by atoms with Crippen molar-refractivity contribution in [2.45, 2.75) is 51.2 Å². The van der Waals surface area contributed by atoms with Crippen molar-refractivity contribution >= 4 is 33.8 Å². The van der Waals surface area contributed by atoms with Gasteiger partial charge in [0.25, 0.3) is 5.91 Å². The number of benzene rings is 3. The molecule has 0 aromatic heterocycles. The molecule has 3 aromatic rings. The minimum Gasteiger partial charge on any atom is -0.496 e. The molecule has 2 heterocycles. The highest BCUT2D eigenvalue weighted by molar-refractivity contribution is 7.90. The van der Waals surface area contributed by atoms with Crippen molar-refractivity contribution in [1.82, 2.24) is 8.98 Å². The predicted molar refractivity (Wildman–Crippen MR) is 159 cm³/mol. The minimum absolute atomic E-state index is 0.000975. The fourth-order valence-electron chi connectivity index (χ4n) is 8.43. The van der Waals surface area contributed by atoms with Crippen LogP contribution in [-0.4, -0.2) is 48.2 Å². The van der Waals surface area contributed by atoms with E-state index in [-0.39, 0.29) is 17.2 Å². The molecule has 9 heteroatoms. The summed E-state index contributed by atoms with van der Waals surface area (Å²) in [6, 6.07) is 24.0. The average molecular weight is 591 g/mol. The fourth-order valence-corrected chi connectivity index (χ4v) is 14.1. The number of sulfonamides is 1. The molecule has 1 spiro atoms. The smallest absolute Gasteiger partial charge is 0.256 e. The van der Waals surface area contributed by atoms with E-state index in [1.54, 1.807) is 11.8 Å². The maximum atomic E-state index is 15.5. The number of amides is 1. The van der Waals surface area contributed by atoms with Gasteiger partial charge in [-0.15, -0.1) is 0 Å². The molecule has 7 nitrogen and oxygen atoms in total. The van der Waals surface area contributed by atoms with E-state index in [1.807, 2.05) is 84.9 Å². The quantitative estimate of drug-likeness (QED) is 0.305. The van der Waals surface area contributed by atoms with Gasteiger partial charge in [0.05, 0.1) is 24.9 Å². The highest BCUT2D eigenvalue weighted by Crippen LogP contribution is 2.71. The van der Waals surface area contributed by atoms with E-state index in [0.717, 1.165) is 18.4 Å².